The van der Waals surface area contributed by atoms with Crippen LogP contribution in [-0.2, 0) is 6.54 Å². The topological polar surface area (TPSA) is 6.48 Å². The molecule has 1 aromatic carbocycles. The Kier molecular flexibility index (Phi) is 8.62. The molecule has 4 heteroatoms. The molecule has 0 radical (unpaired) electrons. The number of nitrogens with zero attached hydrogens (tertiary/aromatic N) is 2. The van der Waals surface area contributed by atoms with E-state index in [0.29, 0.717) is 0 Å². The van der Waals surface area contributed by atoms with Gasteiger partial charge in [0.25, 0.3) is 0 Å². The van der Waals surface area contributed by atoms with E-state index in [-0.39, 0.29) is 24.8 Å². The van der Waals surface area contributed by atoms with Crippen molar-refractivity contribution in [3.63, 3.8) is 0 Å². The van der Waals surface area contributed by atoms with Gasteiger partial charge in [-0.25, -0.2) is 0 Å². The van der Waals surface area contributed by atoms with Gasteiger partial charge in [-0.3, -0.25) is 4.90 Å². The van der Waals surface area contributed by atoms with Gasteiger partial charge in [0.1, 0.15) is 0 Å². The van der Waals surface area contributed by atoms with Gasteiger partial charge in [-0.05, 0) is 45.6 Å². The highest BCUT2D eigenvalue weighted by Gasteiger charge is 2.20. The Labute approximate surface area is 123 Å². The predicted molar refractivity (Wildman–Crippen MR) is 82.9 cm³/mol. The van der Waals surface area contributed by atoms with Crippen molar-refractivity contribution in [2.24, 2.45) is 0 Å². The summed E-state index contributed by atoms with van der Waals surface area (Å²) in [6, 6.07) is 11.6. The van der Waals surface area contributed by atoms with Crippen molar-refractivity contribution in [2.45, 2.75) is 25.4 Å². The SMILES string of the molecule is CN(C)C1CCN(Cc2ccccc2)CC1.Cl.Cl. The van der Waals surface area contributed by atoms with E-state index in [1.165, 1.54) is 31.5 Å². The van der Waals surface area contributed by atoms with E-state index in [2.05, 4.69) is 54.2 Å². The maximum Gasteiger partial charge on any atom is 0.0233 e. The summed E-state index contributed by atoms with van der Waals surface area (Å²) in [7, 11) is 4.38. The molecule has 0 spiro atoms. The summed E-state index contributed by atoms with van der Waals surface area (Å²) >= 11 is 0. The van der Waals surface area contributed by atoms with Crippen LogP contribution in [0.1, 0.15) is 18.4 Å². The maximum atomic E-state index is 2.56. The summed E-state index contributed by atoms with van der Waals surface area (Å²) in [6.45, 7) is 3.58. The Hall–Kier alpha value is -0.280. The fraction of sp³-hybridized carbons (Fsp3) is 0.571. The van der Waals surface area contributed by atoms with Crippen molar-refractivity contribution in [1.82, 2.24) is 9.80 Å². The minimum absolute atomic E-state index is 0. The molecule has 1 aromatic rings. The van der Waals surface area contributed by atoms with Crippen LogP contribution in [-0.4, -0.2) is 43.0 Å². The molecule has 2 rings (SSSR count). The van der Waals surface area contributed by atoms with E-state index >= 15 is 0 Å². The van der Waals surface area contributed by atoms with Crippen LogP contribution >= 0.6 is 24.8 Å². The zero-order chi connectivity index (χ0) is 11.4. The molecule has 1 saturated heterocycles. The van der Waals surface area contributed by atoms with Gasteiger partial charge in [0.05, 0.1) is 0 Å². The first-order valence-electron chi connectivity index (χ1n) is 6.18. The molecular formula is C14H24Cl2N2. The quantitative estimate of drug-likeness (QED) is 0.844. The van der Waals surface area contributed by atoms with Gasteiger partial charge in [-0.15, -0.1) is 24.8 Å². The number of benzene rings is 1. The van der Waals surface area contributed by atoms with E-state index < -0.39 is 0 Å². The largest absolute Gasteiger partial charge is 0.306 e. The molecule has 0 atom stereocenters. The van der Waals surface area contributed by atoms with Gasteiger partial charge in [0.15, 0.2) is 0 Å². The van der Waals surface area contributed by atoms with E-state index in [9.17, 15) is 0 Å². The van der Waals surface area contributed by atoms with Gasteiger partial charge in [0, 0.05) is 12.6 Å². The van der Waals surface area contributed by atoms with Crippen molar-refractivity contribution in [2.75, 3.05) is 27.2 Å². The molecule has 104 valence electrons. The summed E-state index contributed by atoms with van der Waals surface area (Å²) in [5, 5.41) is 0. The first-order chi connectivity index (χ1) is 7.75. The van der Waals surface area contributed by atoms with Crippen molar-refractivity contribution in [3.05, 3.63) is 35.9 Å². The van der Waals surface area contributed by atoms with Crippen LogP contribution in [0.2, 0.25) is 0 Å². The molecule has 0 bridgehead atoms. The molecule has 18 heavy (non-hydrogen) atoms. The zero-order valence-corrected chi connectivity index (χ0v) is 12.8. The fourth-order valence-electron chi connectivity index (χ4n) is 2.44. The van der Waals surface area contributed by atoms with Crippen molar-refractivity contribution in [3.8, 4) is 0 Å². The average molecular weight is 291 g/mol. The van der Waals surface area contributed by atoms with Crippen molar-refractivity contribution in [1.29, 1.82) is 0 Å². The first-order valence-corrected chi connectivity index (χ1v) is 6.18. The first kappa shape index (κ1) is 17.7. The lowest BCUT2D eigenvalue weighted by molar-refractivity contribution is 0.140. The number of hydrogen-bond donors (Lipinski definition) is 0. The second-order valence-corrected chi connectivity index (χ2v) is 4.96. The molecule has 0 N–H and O–H groups in total. The molecule has 1 aliphatic rings. The van der Waals surface area contributed by atoms with Gasteiger partial charge in [-0.2, -0.15) is 0 Å². The molecule has 1 aliphatic heterocycles. The average Bonchev–Trinajstić information content (AvgIpc) is 2.31. The Balaban J connectivity index is 0.00000144. The number of hydrogen-bond acceptors (Lipinski definition) is 2. The lowest BCUT2D eigenvalue weighted by Gasteiger charge is -2.35. The van der Waals surface area contributed by atoms with Gasteiger partial charge < -0.3 is 4.90 Å². The van der Waals surface area contributed by atoms with E-state index in [4.69, 9.17) is 0 Å². The summed E-state index contributed by atoms with van der Waals surface area (Å²) < 4.78 is 0. The minimum Gasteiger partial charge on any atom is -0.306 e. The fourth-order valence-corrected chi connectivity index (χ4v) is 2.44. The second kappa shape index (κ2) is 8.76. The van der Waals surface area contributed by atoms with Gasteiger partial charge in [0.2, 0.25) is 0 Å². The summed E-state index contributed by atoms with van der Waals surface area (Å²) in [4.78, 5) is 4.93. The van der Waals surface area contributed by atoms with Gasteiger partial charge >= 0.3 is 0 Å². The molecular weight excluding hydrogens is 267 g/mol. The zero-order valence-electron chi connectivity index (χ0n) is 11.2. The molecule has 0 aliphatic carbocycles. The van der Waals surface area contributed by atoms with Crippen molar-refractivity contribution >= 4 is 24.8 Å². The third kappa shape index (κ3) is 5.15. The molecule has 0 saturated carbocycles. The number of piperidine rings is 1. The highest BCUT2D eigenvalue weighted by atomic mass is 35.5. The Bertz CT molecular complexity index is 309. The highest BCUT2D eigenvalue weighted by molar-refractivity contribution is 5.85. The second-order valence-electron chi connectivity index (χ2n) is 4.96. The normalized spacial score (nSPS) is 17.1. The van der Waals surface area contributed by atoms with Gasteiger partial charge in [-0.1, -0.05) is 30.3 Å². The lowest BCUT2D eigenvalue weighted by Crippen LogP contribution is -2.41. The summed E-state index contributed by atoms with van der Waals surface area (Å²) in [5.41, 5.74) is 1.44. The van der Waals surface area contributed by atoms with Crippen LogP contribution in [0.15, 0.2) is 30.3 Å². The maximum absolute atomic E-state index is 2.56. The van der Waals surface area contributed by atoms with Crippen LogP contribution in [0, 0.1) is 0 Å². The number of likely N-dealkylation sites (tertiary alicyclic amines) is 1. The Morgan fingerprint density at radius 1 is 1.06 bits per heavy atom. The molecule has 0 unspecified atom stereocenters. The van der Waals surface area contributed by atoms with Crippen LogP contribution in [0.5, 0.6) is 0 Å². The van der Waals surface area contributed by atoms with Crippen molar-refractivity contribution < 1.29 is 0 Å². The van der Waals surface area contributed by atoms with E-state index in [0.717, 1.165) is 12.6 Å². The summed E-state index contributed by atoms with van der Waals surface area (Å²) in [5.74, 6) is 0. The van der Waals surface area contributed by atoms with Crippen LogP contribution in [0.25, 0.3) is 0 Å². The predicted octanol–water partition coefficient (Wildman–Crippen LogP) is 3.06. The summed E-state index contributed by atoms with van der Waals surface area (Å²) in [6.07, 6.45) is 2.61. The van der Waals surface area contributed by atoms with E-state index in [1.54, 1.807) is 0 Å². The molecule has 1 heterocycles. The lowest BCUT2D eigenvalue weighted by atomic mass is 10.0. The standard InChI is InChI=1S/C14H22N2.2ClH/c1-15(2)14-8-10-16(11-9-14)12-13-6-4-3-5-7-13;;/h3-7,14H,8-12H2,1-2H3;2*1H. The third-order valence-electron chi connectivity index (χ3n) is 3.54. The smallest absolute Gasteiger partial charge is 0.0233 e. The molecule has 1 fully saturated rings. The van der Waals surface area contributed by atoms with Crippen LogP contribution in [0.3, 0.4) is 0 Å². The Morgan fingerprint density at radius 2 is 1.61 bits per heavy atom. The Morgan fingerprint density at radius 3 is 2.11 bits per heavy atom. The molecule has 2 nitrogen and oxygen atoms in total. The van der Waals surface area contributed by atoms with E-state index in [1.807, 2.05) is 0 Å². The monoisotopic (exact) mass is 290 g/mol. The minimum atomic E-state index is 0. The number of halogens is 2. The van der Waals surface area contributed by atoms with Crippen LogP contribution < -0.4 is 0 Å². The number of rotatable bonds is 3. The highest BCUT2D eigenvalue weighted by Crippen LogP contribution is 2.16. The molecule has 0 aromatic heterocycles. The third-order valence-corrected chi connectivity index (χ3v) is 3.54. The van der Waals surface area contributed by atoms with Crippen LogP contribution in [0.4, 0.5) is 0 Å². The molecule has 0 amide bonds.